The summed E-state index contributed by atoms with van der Waals surface area (Å²) >= 11 is 1.51. The zero-order valence-electron chi connectivity index (χ0n) is 12.0. The molecule has 2 N–H and O–H groups in total. The number of nitriles is 1. The monoisotopic (exact) mass is 316 g/mol. The predicted molar refractivity (Wildman–Crippen MR) is 83.6 cm³/mol. The molecule has 0 radical (unpaired) electrons. The summed E-state index contributed by atoms with van der Waals surface area (Å²) < 4.78 is 5.28. The van der Waals surface area contributed by atoms with Crippen LogP contribution < -0.4 is 10.9 Å². The van der Waals surface area contributed by atoms with E-state index in [1.165, 1.54) is 30.9 Å². The van der Waals surface area contributed by atoms with Crippen LogP contribution in [0.2, 0.25) is 0 Å². The van der Waals surface area contributed by atoms with Crippen molar-refractivity contribution in [1.29, 1.82) is 5.26 Å². The summed E-state index contributed by atoms with van der Waals surface area (Å²) in [5.41, 5.74) is -0.132. The first-order valence-corrected chi connectivity index (χ1v) is 8.18. The number of furan rings is 1. The van der Waals surface area contributed by atoms with Crippen LogP contribution >= 0.6 is 11.8 Å². The quantitative estimate of drug-likeness (QED) is 0.662. The number of nitrogens with one attached hydrogen (secondary N) is 2. The van der Waals surface area contributed by atoms with Crippen molar-refractivity contribution in [3.05, 3.63) is 34.3 Å². The van der Waals surface area contributed by atoms with Crippen molar-refractivity contribution in [2.45, 2.75) is 18.0 Å². The van der Waals surface area contributed by atoms with Crippen LogP contribution in [0.4, 0.5) is 0 Å². The molecule has 1 unspecified atom stereocenters. The molecular weight excluding hydrogens is 300 g/mol. The van der Waals surface area contributed by atoms with E-state index in [9.17, 15) is 4.79 Å². The van der Waals surface area contributed by atoms with Gasteiger partial charge in [0.05, 0.1) is 6.26 Å². The second kappa shape index (κ2) is 6.81. The number of hydrogen-bond acceptors (Lipinski definition) is 6. The normalized spacial score (nSPS) is 18.0. The number of nitrogens with zero attached hydrogens (tertiary/aromatic N) is 2. The lowest BCUT2D eigenvalue weighted by Gasteiger charge is -2.21. The van der Waals surface area contributed by atoms with Crippen LogP contribution in [0.15, 0.2) is 32.8 Å². The van der Waals surface area contributed by atoms with Crippen LogP contribution in [0.5, 0.6) is 0 Å². The molecule has 3 rings (SSSR count). The van der Waals surface area contributed by atoms with Gasteiger partial charge < -0.3 is 14.7 Å². The molecule has 0 aliphatic carbocycles. The van der Waals surface area contributed by atoms with Crippen LogP contribution in [0, 0.1) is 17.2 Å². The van der Waals surface area contributed by atoms with E-state index in [1.807, 2.05) is 6.07 Å². The highest BCUT2D eigenvalue weighted by atomic mass is 32.2. The third-order valence-electron chi connectivity index (χ3n) is 3.62. The number of H-pyrrole nitrogens is 1. The third kappa shape index (κ3) is 3.24. The summed E-state index contributed by atoms with van der Waals surface area (Å²) in [6, 6.07) is 5.30. The molecule has 1 aliphatic rings. The molecule has 114 valence electrons. The number of aromatic nitrogens is 2. The molecule has 0 spiro atoms. The predicted octanol–water partition coefficient (Wildman–Crippen LogP) is 1.99. The van der Waals surface area contributed by atoms with Crippen LogP contribution in [-0.4, -0.2) is 28.8 Å². The second-order valence-corrected chi connectivity index (χ2v) is 6.22. The van der Waals surface area contributed by atoms with Crippen molar-refractivity contribution in [3.63, 3.8) is 0 Å². The van der Waals surface area contributed by atoms with E-state index in [0.717, 1.165) is 18.8 Å². The van der Waals surface area contributed by atoms with Crippen LogP contribution in [0.1, 0.15) is 18.4 Å². The Kier molecular flexibility index (Phi) is 4.61. The van der Waals surface area contributed by atoms with Gasteiger partial charge in [0.2, 0.25) is 0 Å². The standard InChI is InChI=1S/C15H16N4O2S/c16-7-11-13(12-4-2-6-21-12)18-15(19-14(11)20)22-9-10-3-1-5-17-8-10/h2,4,6,10,17H,1,3,5,8-9H2,(H,18,19,20). The van der Waals surface area contributed by atoms with E-state index in [1.54, 1.807) is 12.1 Å². The van der Waals surface area contributed by atoms with E-state index in [0.29, 0.717) is 22.5 Å². The Morgan fingerprint density at radius 2 is 2.45 bits per heavy atom. The Morgan fingerprint density at radius 3 is 3.14 bits per heavy atom. The third-order valence-corrected chi connectivity index (χ3v) is 4.72. The zero-order valence-corrected chi connectivity index (χ0v) is 12.8. The smallest absolute Gasteiger partial charge is 0.270 e. The van der Waals surface area contributed by atoms with Crippen molar-refractivity contribution in [2.24, 2.45) is 5.92 Å². The van der Waals surface area contributed by atoms with Crippen molar-refractivity contribution < 1.29 is 4.42 Å². The fraction of sp³-hybridized carbons (Fsp3) is 0.400. The molecule has 22 heavy (non-hydrogen) atoms. The molecule has 0 amide bonds. The molecule has 7 heteroatoms. The van der Waals surface area contributed by atoms with Gasteiger partial charge >= 0.3 is 0 Å². The van der Waals surface area contributed by atoms with E-state index < -0.39 is 5.56 Å². The summed E-state index contributed by atoms with van der Waals surface area (Å²) in [7, 11) is 0. The minimum atomic E-state index is -0.423. The number of rotatable bonds is 4. The van der Waals surface area contributed by atoms with Gasteiger partial charge in [-0.3, -0.25) is 4.79 Å². The highest BCUT2D eigenvalue weighted by molar-refractivity contribution is 7.99. The minimum Gasteiger partial charge on any atom is -0.463 e. The van der Waals surface area contributed by atoms with E-state index >= 15 is 0 Å². The molecule has 2 aromatic rings. The van der Waals surface area contributed by atoms with Crippen molar-refractivity contribution >= 4 is 11.8 Å². The van der Waals surface area contributed by atoms with Crippen molar-refractivity contribution in [1.82, 2.24) is 15.3 Å². The molecule has 1 atom stereocenters. The maximum absolute atomic E-state index is 12.1. The van der Waals surface area contributed by atoms with Gasteiger partial charge in [0, 0.05) is 5.75 Å². The largest absolute Gasteiger partial charge is 0.463 e. The molecule has 1 aliphatic heterocycles. The summed E-state index contributed by atoms with van der Waals surface area (Å²) in [4.78, 5) is 19.1. The van der Waals surface area contributed by atoms with Gasteiger partial charge in [-0.2, -0.15) is 5.26 Å². The molecule has 2 aromatic heterocycles. The van der Waals surface area contributed by atoms with Gasteiger partial charge in [-0.15, -0.1) is 0 Å². The number of aromatic amines is 1. The van der Waals surface area contributed by atoms with Crippen LogP contribution in [0.25, 0.3) is 11.5 Å². The molecule has 0 saturated carbocycles. The summed E-state index contributed by atoms with van der Waals surface area (Å²) in [6.07, 6.45) is 3.87. The Hall–Kier alpha value is -2.04. The fourth-order valence-electron chi connectivity index (χ4n) is 2.48. The SMILES string of the molecule is N#Cc1c(-c2ccco2)nc(SCC2CCCNC2)[nH]c1=O. The molecule has 0 aromatic carbocycles. The Labute approximate surface area is 131 Å². The average molecular weight is 316 g/mol. The van der Waals surface area contributed by atoms with Gasteiger partial charge in [0.1, 0.15) is 17.3 Å². The molecule has 0 bridgehead atoms. The Bertz CT molecular complexity index is 727. The summed E-state index contributed by atoms with van der Waals surface area (Å²) in [5.74, 6) is 1.90. The first-order valence-electron chi connectivity index (χ1n) is 7.19. The molecule has 6 nitrogen and oxygen atoms in total. The first kappa shape index (κ1) is 14.9. The average Bonchev–Trinajstić information content (AvgIpc) is 3.07. The highest BCUT2D eigenvalue weighted by Crippen LogP contribution is 2.24. The Balaban J connectivity index is 1.83. The van der Waals surface area contributed by atoms with Gasteiger partial charge in [-0.25, -0.2) is 4.98 Å². The lowest BCUT2D eigenvalue weighted by Crippen LogP contribution is -2.31. The minimum absolute atomic E-state index is 0.0152. The highest BCUT2D eigenvalue weighted by Gasteiger charge is 2.17. The van der Waals surface area contributed by atoms with Crippen molar-refractivity contribution in [2.75, 3.05) is 18.8 Å². The molecule has 1 fully saturated rings. The molecule has 3 heterocycles. The zero-order chi connectivity index (χ0) is 15.4. The maximum Gasteiger partial charge on any atom is 0.270 e. The lowest BCUT2D eigenvalue weighted by molar-refractivity contribution is 0.410. The summed E-state index contributed by atoms with van der Waals surface area (Å²) in [6.45, 7) is 2.08. The van der Waals surface area contributed by atoms with Gasteiger partial charge in [-0.1, -0.05) is 11.8 Å². The van der Waals surface area contributed by atoms with E-state index in [4.69, 9.17) is 9.68 Å². The lowest BCUT2D eigenvalue weighted by atomic mass is 10.0. The van der Waals surface area contributed by atoms with E-state index in [2.05, 4.69) is 15.3 Å². The fourth-order valence-corrected chi connectivity index (χ4v) is 3.48. The van der Waals surface area contributed by atoms with Gasteiger partial charge in [-0.05, 0) is 44.0 Å². The Morgan fingerprint density at radius 1 is 1.55 bits per heavy atom. The molecular formula is C15H16N4O2S. The number of piperidine rings is 1. The topological polar surface area (TPSA) is 94.7 Å². The van der Waals surface area contributed by atoms with Gasteiger partial charge in [0.25, 0.3) is 5.56 Å². The van der Waals surface area contributed by atoms with E-state index in [-0.39, 0.29) is 5.56 Å². The summed E-state index contributed by atoms with van der Waals surface area (Å²) in [5, 5.41) is 13.1. The van der Waals surface area contributed by atoms with Crippen LogP contribution in [-0.2, 0) is 0 Å². The van der Waals surface area contributed by atoms with Gasteiger partial charge in [0.15, 0.2) is 10.9 Å². The van der Waals surface area contributed by atoms with Crippen LogP contribution in [0.3, 0.4) is 0 Å². The second-order valence-electron chi connectivity index (χ2n) is 5.21. The maximum atomic E-state index is 12.1. The number of hydrogen-bond donors (Lipinski definition) is 2. The number of thioether (sulfide) groups is 1. The first-order chi connectivity index (χ1) is 10.8. The van der Waals surface area contributed by atoms with Crippen molar-refractivity contribution in [3.8, 4) is 17.5 Å². The molecule has 1 saturated heterocycles.